The Morgan fingerprint density at radius 3 is 2.42 bits per heavy atom. The number of nitrogens with one attached hydrogen (secondary N) is 1. The second-order valence-corrected chi connectivity index (χ2v) is 6.62. The molecular weight excluding hydrogens is 414 g/mol. The van der Waals surface area contributed by atoms with Crippen LogP contribution in [0.4, 0.5) is 18.9 Å². The minimum Gasteiger partial charge on any atom is -0.321 e. The lowest BCUT2D eigenvalue weighted by Crippen LogP contribution is -2.16. The van der Waals surface area contributed by atoms with Gasteiger partial charge in [-0.05, 0) is 31.2 Å². The van der Waals surface area contributed by atoms with E-state index in [-0.39, 0.29) is 27.1 Å². The number of pyridine rings is 1. The van der Waals surface area contributed by atoms with Gasteiger partial charge in [0.15, 0.2) is 5.65 Å². The van der Waals surface area contributed by atoms with Crippen LogP contribution in [0, 0.1) is 6.92 Å². The average molecular weight is 423 g/mol. The molecule has 0 aliphatic heterocycles. The zero-order chi connectivity index (χ0) is 19.2. The second kappa shape index (κ2) is 6.64. The molecule has 0 saturated heterocycles. The number of anilines is 1. The van der Waals surface area contributed by atoms with E-state index < -0.39 is 17.6 Å². The third-order valence-corrected chi connectivity index (χ3v) is 4.59. The Hall–Kier alpha value is -1.96. The molecule has 0 bridgehead atoms. The lowest BCUT2D eigenvalue weighted by Gasteiger charge is -2.10. The molecule has 1 aromatic carbocycles. The fourth-order valence-electron chi connectivity index (χ4n) is 2.41. The molecule has 0 spiro atoms. The smallest absolute Gasteiger partial charge is 0.321 e. The first-order chi connectivity index (χ1) is 12.1. The Morgan fingerprint density at radius 1 is 1.12 bits per heavy atom. The number of amides is 1. The SMILES string of the molecule is Cc1nc2c(Cl)cc(C(F)(F)F)cn2c1C(=O)Nc1ccc(Cl)c(Cl)c1. The van der Waals surface area contributed by atoms with Crippen LogP contribution in [0.3, 0.4) is 0 Å². The average Bonchev–Trinajstić information content (AvgIpc) is 2.87. The van der Waals surface area contributed by atoms with Gasteiger partial charge >= 0.3 is 6.18 Å². The van der Waals surface area contributed by atoms with Crippen LogP contribution in [0.5, 0.6) is 0 Å². The molecule has 1 N–H and O–H groups in total. The van der Waals surface area contributed by atoms with Crippen LogP contribution < -0.4 is 5.32 Å². The Kier molecular flexibility index (Phi) is 4.81. The monoisotopic (exact) mass is 421 g/mol. The number of aromatic nitrogens is 2. The van der Waals surface area contributed by atoms with E-state index in [1.54, 1.807) is 0 Å². The summed E-state index contributed by atoms with van der Waals surface area (Å²) in [7, 11) is 0. The molecule has 3 rings (SSSR count). The number of rotatable bonds is 2. The lowest BCUT2D eigenvalue weighted by molar-refractivity contribution is -0.137. The van der Waals surface area contributed by atoms with Crippen LogP contribution in [-0.4, -0.2) is 15.3 Å². The van der Waals surface area contributed by atoms with Crippen LogP contribution >= 0.6 is 34.8 Å². The minimum atomic E-state index is -4.62. The molecule has 0 atom stereocenters. The first-order valence-electron chi connectivity index (χ1n) is 7.09. The largest absolute Gasteiger partial charge is 0.417 e. The first-order valence-corrected chi connectivity index (χ1v) is 8.23. The van der Waals surface area contributed by atoms with Crippen molar-refractivity contribution in [1.82, 2.24) is 9.38 Å². The summed E-state index contributed by atoms with van der Waals surface area (Å²) >= 11 is 17.6. The number of halogens is 6. The summed E-state index contributed by atoms with van der Waals surface area (Å²) in [5, 5.41) is 2.87. The molecule has 0 saturated carbocycles. The molecule has 26 heavy (non-hydrogen) atoms. The van der Waals surface area contributed by atoms with E-state index in [9.17, 15) is 18.0 Å². The summed E-state index contributed by atoms with van der Waals surface area (Å²) in [5.74, 6) is -0.663. The van der Waals surface area contributed by atoms with Gasteiger partial charge in [0.25, 0.3) is 5.91 Å². The van der Waals surface area contributed by atoms with Crippen molar-refractivity contribution in [2.45, 2.75) is 13.1 Å². The molecule has 2 aromatic heterocycles. The zero-order valence-electron chi connectivity index (χ0n) is 13.0. The number of carbonyl (C=O) groups is 1. The third kappa shape index (κ3) is 3.47. The molecule has 2 heterocycles. The Labute approximate surface area is 160 Å². The van der Waals surface area contributed by atoms with E-state index >= 15 is 0 Å². The topological polar surface area (TPSA) is 46.4 Å². The first kappa shape index (κ1) is 18.8. The van der Waals surface area contributed by atoms with E-state index in [2.05, 4.69) is 10.3 Å². The standard InChI is InChI=1S/C16H9Cl3F3N3O/c1-7-13(15(26)24-9-2-3-10(17)11(18)5-9)25-6-8(16(20,21)22)4-12(19)14(25)23-7/h2-6H,1H3,(H,24,26). The van der Waals surface area contributed by atoms with Crippen molar-refractivity contribution >= 4 is 52.0 Å². The van der Waals surface area contributed by atoms with Crippen molar-refractivity contribution in [1.29, 1.82) is 0 Å². The van der Waals surface area contributed by atoms with Gasteiger partial charge < -0.3 is 5.32 Å². The van der Waals surface area contributed by atoms with Crippen LogP contribution in [0.15, 0.2) is 30.5 Å². The highest BCUT2D eigenvalue weighted by molar-refractivity contribution is 6.42. The summed E-state index contributed by atoms with van der Waals surface area (Å²) in [5.41, 5.74) is -0.452. The van der Waals surface area contributed by atoms with Crippen molar-refractivity contribution in [2.75, 3.05) is 5.32 Å². The van der Waals surface area contributed by atoms with Gasteiger partial charge in [0.2, 0.25) is 0 Å². The summed E-state index contributed by atoms with van der Waals surface area (Å²) in [6, 6.07) is 5.19. The summed E-state index contributed by atoms with van der Waals surface area (Å²) in [4.78, 5) is 16.7. The van der Waals surface area contributed by atoms with Crippen LogP contribution in [0.25, 0.3) is 5.65 Å². The number of alkyl halides is 3. The van der Waals surface area contributed by atoms with Gasteiger partial charge in [-0.15, -0.1) is 0 Å². The molecule has 0 radical (unpaired) electrons. The maximum atomic E-state index is 13.0. The highest BCUT2D eigenvalue weighted by Gasteiger charge is 2.33. The molecule has 4 nitrogen and oxygen atoms in total. The number of imidazole rings is 1. The van der Waals surface area contributed by atoms with E-state index in [1.807, 2.05) is 0 Å². The quantitative estimate of drug-likeness (QED) is 0.561. The summed E-state index contributed by atoms with van der Waals surface area (Å²) in [6.07, 6.45) is -3.83. The molecule has 3 aromatic rings. The van der Waals surface area contributed by atoms with Gasteiger partial charge in [0, 0.05) is 11.9 Å². The molecule has 136 valence electrons. The van der Waals surface area contributed by atoms with E-state index in [4.69, 9.17) is 34.8 Å². The van der Waals surface area contributed by atoms with Gasteiger partial charge in [0.05, 0.1) is 26.3 Å². The molecular formula is C16H9Cl3F3N3O. The molecule has 1 amide bonds. The normalized spacial score (nSPS) is 11.8. The Morgan fingerprint density at radius 2 is 1.81 bits per heavy atom. The van der Waals surface area contributed by atoms with E-state index in [1.165, 1.54) is 25.1 Å². The number of aryl methyl sites for hydroxylation is 1. The highest BCUT2D eigenvalue weighted by Crippen LogP contribution is 2.33. The van der Waals surface area contributed by atoms with Gasteiger partial charge in [-0.25, -0.2) is 4.98 Å². The lowest BCUT2D eigenvalue weighted by atomic mass is 10.2. The molecule has 0 aliphatic rings. The number of nitrogens with zero attached hydrogens (tertiary/aromatic N) is 2. The predicted molar refractivity (Wildman–Crippen MR) is 94.4 cm³/mol. The van der Waals surface area contributed by atoms with Crippen molar-refractivity contribution in [3.63, 3.8) is 0 Å². The molecule has 10 heteroatoms. The maximum Gasteiger partial charge on any atom is 0.417 e. The number of hydrogen-bond acceptors (Lipinski definition) is 2. The van der Waals surface area contributed by atoms with Gasteiger partial charge in [-0.3, -0.25) is 9.20 Å². The number of fused-ring (bicyclic) bond motifs is 1. The van der Waals surface area contributed by atoms with Crippen LogP contribution in [0.1, 0.15) is 21.7 Å². The zero-order valence-corrected chi connectivity index (χ0v) is 15.2. The Bertz CT molecular complexity index is 1030. The predicted octanol–water partition coefficient (Wildman–Crippen LogP) is 5.87. The van der Waals surface area contributed by atoms with E-state index in [0.717, 1.165) is 16.7 Å². The molecule has 0 aliphatic carbocycles. The van der Waals surface area contributed by atoms with E-state index in [0.29, 0.717) is 10.7 Å². The fourth-order valence-corrected chi connectivity index (χ4v) is 2.96. The van der Waals surface area contributed by atoms with Gasteiger partial charge in [-0.1, -0.05) is 34.8 Å². The third-order valence-electron chi connectivity index (χ3n) is 3.57. The number of benzene rings is 1. The summed E-state index contributed by atoms with van der Waals surface area (Å²) in [6.45, 7) is 1.50. The Balaban J connectivity index is 2.08. The minimum absolute atomic E-state index is 0.0523. The van der Waals surface area contributed by atoms with Crippen LogP contribution in [-0.2, 0) is 6.18 Å². The number of carbonyl (C=O) groups excluding carboxylic acids is 1. The van der Waals surface area contributed by atoms with Crippen molar-refractivity contribution < 1.29 is 18.0 Å². The molecule has 0 unspecified atom stereocenters. The summed E-state index contributed by atoms with van der Waals surface area (Å²) < 4.78 is 40.2. The van der Waals surface area contributed by atoms with Crippen molar-refractivity contribution in [3.05, 3.63) is 62.5 Å². The molecule has 0 fully saturated rings. The highest BCUT2D eigenvalue weighted by atomic mass is 35.5. The fraction of sp³-hybridized carbons (Fsp3) is 0.125. The second-order valence-electron chi connectivity index (χ2n) is 5.40. The van der Waals surface area contributed by atoms with Crippen LogP contribution in [0.2, 0.25) is 15.1 Å². The van der Waals surface area contributed by atoms with Gasteiger partial charge in [0.1, 0.15) is 5.69 Å². The van der Waals surface area contributed by atoms with Crippen molar-refractivity contribution in [2.24, 2.45) is 0 Å². The van der Waals surface area contributed by atoms with Gasteiger partial charge in [-0.2, -0.15) is 13.2 Å². The number of hydrogen-bond donors (Lipinski definition) is 1. The van der Waals surface area contributed by atoms with Crippen molar-refractivity contribution in [3.8, 4) is 0 Å². The maximum absolute atomic E-state index is 13.0.